The average Bonchev–Trinajstić information content (AvgIpc) is 1.22. The van der Waals surface area contributed by atoms with Crippen LogP contribution >= 0.6 is 0 Å². The fraction of sp³-hybridized carbons (Fsp3) is 0.475. The molecule has 13 unspecified atom stereocenters. The zero-order valence-electron chi connectivity index (χ0n) is 46.1. The number of aliphatic hydroxyl groups is 9. The highest BCUT2D eigenvalue weighted by Crippen LogP contribution is 2.63. The van der Waals surface area contributed by atoms with Gasteiger partial charge in [0.25, 0.3) is 11.4 Å². The van der Waals surface area contributed by atoms with E-state index < -0.39 is 166 Å². The van der Waals surface area contributed by atoms with Crippen LogP contribution in [0.25, 0.3) is 22.3 Å². The van der Waals surface area contributed by atoms with E-state index in [0.29, 0.717) is 29.7 Å². The minimum atomic E-state index is -4.07. The Labute approximate surface area is 488 Å². The molecule has 0 amide bonds. The van der Waals surface area contributed by atoms with Crippen LogP contribution in [-0.4, -0.2) is 174 Å². The number of carboxylic acids is 1. The molecule has 9 aliphatic rings. The van der Waals surface area contributed by atoms with Crippen molar-refractivity contribution in [3.63, 3.8) is 0 Å². The van der Waals surface area contributed by atoms with Crippen LogP contribution in [0, 0.1) is 40.9 Å². The maximum Gasteiger partial charge on any atom is 0.354 e. The molecule has 3 saturated heterocycles. The molecule has 4 fully saturated rings. The molecule has 3 spiro atoms. The number of esters is 1. The molecule has 9 heterocycles. The summed E-state index contributed by atoms with van der Waals surface area (Å²) in [5.74, 6) is -9.35. The van der Waals surface area contributed by atoms with Gasteiger partial charge in [-0.1, -0.05) is 49.7 Å². The van der Waals surface area contributed by atoms with Gasteiger partial charge in [0.05, 0.1) is 18.0 Å². The number of aromatic amines is 1. The SMILES string of the molecule is CC1CCNC2NC=C(C3C=C4Cc5[nH]ccc5C#CC5(CCCC5)C5(O)C(O)C(O)C4(Oc4cc6oc(-c7cc(O)c(O)c(CCO)c7)cc(=O)c6c(O)c43)OC53CC#CC4(C(=O)O)OC(CC(CO)CC=O)(OC3=O)C(O)C(O)C4(O)O)C=C12. The Bertz CT molecular complexity index is 3800. The van der Waals surface area contributed by atoms with Crippen molar-refractivity contribution in [2.24, 2.45) is 17.3 Å². The number of aliphatic hydroxyl groups excluding tert-OH is 6. The van der Waals surface area contributed by atoms with E-state index in [0.717, 1.165) is 30.2 Å². The molecule has 0 radical (unpaired) electrons. The molecule has 2 aromatic carbocycles. The third-order valence-electron chi connectivity index (χ3n) is 18.8. The molecule has 7 aliphatic heterocycles. The summed E-state index contributed by atoms with van der Waals surface area (Å²) in [7, 11) is 0. The van der Waals surface area contributed by atoms with Crippen LogP contribution in [0.1, 0.15) is 86.6 Å². The number of allylic oxidation sites excluding steroid dienone is 3. The highest BCUT2D eigenvalue weighted by Gasteiger charge is 2.82. The van der Waals surface area contributed by atoms with Crippen molar-refractivity contribution in [3.05, 3.63) is 104 Å². The Hall–Kier alpha value is -7.60. The van der Waals surface area contributed by atoms with Gasteiger partial charge in [0.1, 0.15) is 46.7 Å². The first-order valence-corrected chi connectivity index (χ1v) is 28.2. The van der Waals surface area contributed by atoms with Gasteiger partial charge in [-0.2, -0.15) is 0 Å². The van der Waals surface area contributed by atoms with Crippen LogP contribution in [0.3, 0.4) is 0 Å². The molecule has 2 aromatic heterocycles. The van der Waals surface area contributed by atoms with Crippen molar-refractivity contribution in [1.82, 2.24) is 15.6 Å². The number of aromatic nitrogens is 1. The Morgan fingerprint density at radius 2 is 1.70 bits per heavy atom. The first-order chi connectivity index (χ1) is 40.9. The molecule has 4 aromatic rings. The number of fused-ring (bicyclic) bond motifs is 6. The number of H-pyrrole nitrogens is 1. The van der Waals surface area contributed by atoms with Crippen LogP contribution in [0.15, 0.2) is 80.8 Å². The summed E-state index contributed by atoms with van der Waals surface area (Å²) in [6.07, 6.45) is -7.30. The molecular formula is C61H63N3O22. The van der Waals surface area contributed by atoms with E-state index in [-0.39, 0.29) is 72.2 Å². The molecule has 4 bridgehead atoms. The third kappa shape index (κ3) is 8.33. The average molecular weight is 1190 g/mol. The minimum absolute atomic E-state index is 0.0162. The normalized spacial score (nSPS) is 34.0. The maximum atomic E-state index is 16.5. The lowest BCUT2D eigenvalue weighted by molar-refractivity contribution is -0.435. The topological polar surface area (TPSA) is 421 Å². The molecule has 1 saturated carbocycles. The number of aromatic hydroxyl groups is 3. The summed E-state index contributed by atoms with van der Waals surface area (Å²) in [6.45, 7) is 1.28. The van der Waals surface area contributed by atoms with Crippen LogP contribution < -0.4 is 20.8 Å². The fourth-order valence-electron chi connectivity index (χ4n) is 14.2. The molecule has 25 heteroatoms. The predicted molar refractivity (Wildman–Crippen MR) is 294 cm³/mol. The van der Waals surface area contributed by atoms with Crippen LogP contribution in [0.4, 0.5) is 0 Å². The van der Waals surface area contributed by atoms with Crippen molar-refractivity contribution in [2.75, 3.05) is 19.8 Å². The fourth-order valence-corrected chi connectivity index (χ4v) is 14.2. The van der Waals surface area contributed by atoms with Gasteiger partial charge >= 0.3 is 11.9 Å². The van der Waals surface area contributed by atoms with E-state index in [4.69, 9.17) is 23.4 Å². The number of aldehydes is 1. The van der Waals surface area contributed by atoms with Crippen LogP contribution in [0.5, 0.6) is 23.0 Å². The highest BCUT2D eigenvalue weighted by molar-refractivity contribution is 5.90. The number of carboxylic acid groups (broad SMARTS) is 1. The minimum Gasteiger partial charge on any atom is -0.507 e. The summed E-state index contributed by atoms with van der Waals surface area (Å²) in [5.41, 5.74) is -12.2. The number of ether oxygens (including phenoxy) is 4. The van der Waals surface area contributed by atoms with Crippen molar-refractivity contribution < 1.29 is 104 Å². The van der Waals surface area contributed by atoms with E-state index in [1.807, 2.05) is 13.0 Å². The van der Waals surface area contributed by atoms with Gasteiger partial charge in [-0.05, 0) is 79.3 Å². The molecule has 13 rings (SSSR count). The number of rotatable bonds is 10. The van der Waals surface area contributed by atoms with E-state index in [2.05, 4.69) is 39.3 Å². The molecule has 16 N–H and O–H groups in total. The lowest BCUT2D eigenvalue weighted by Gasteiger charge is -2.62. The number of carbonyl (C=O) groups is 3. The van der Waals surface area contributed by atoms with Gasteiger partial charge in [0.2, 0.25) is 17.2 Å². The molecule has 2 aliphatic carbocycles. The molecule has 13 atom stereocenters. The first-order valence-electron chi connectivity index (χ1n) is 28.2. The van der Waals surface area contributed by atoms with E-state index in [9.17, 15) is 80.8 Å². The quantitative estimate of drug-likeness (QED) is 0.0244. The van der Waals surface area contributed by atoms with Gasteiger partial charge < -0.3 is 105 Å². The molecule has 25 nitrogen and oxygen atoms in total. The smallest absolute Gasteiger partial charge is 0.354 e. The number of hydrogen-bond donors (Lipinski definition) is 16. The van der Waals surface area contributed by atoms with Crippen molar-refractivity contribution in [3.8, 4) is 58.0 Å². The third-order valence-corrected chi connectivity index (χ3v) is 18.8. The Kier molecular flexibility index (Phi) is 14.2. The van der Waals surface area contributed by atoms with Gasteiger partial charge in [0, 0.05) is 96.4 Å². The van der Waals surface area contributed by atoms with Crippen molar-refractivity contribution >= 4 is 29.2 Å². The number of phenolic OH excluding ortho intramolecular Hbond substituents is 3. The first kappa shape index (κ1) is 58.8. The van der Waals surface area contributed by atoms with Crippen LogP contribution in [0.2, 0.25) is 0 Å². The van der Waals surface area contributed by atoms with E-state index in [1.165, 1.54) is 12.1 Å². The summed E-state index contributed by atoms with van der Waals surface area (Å²) in [4.78, 5) is 60.0. The van der Waals surface area contributed by atoms with Crippen molar-refractivity contribution in [2.45, 2.75) is 142 Å². The Morgan fingerprint density at radius 1 is 0.930 bits per heavy atom. The number of aliphatic carboxylic acids is 1. The number of hydrogen-bond acceptors (Lipinski definition) is 23. The van der Waals surface area contributed by atoms with Gasteiger partial charge in [-0.15, -0.1) is 0 Å². The second kappa shape index (κ2) is 20.8. The molecular weight excluding hydrogens is 1130 g/mol. The number of phenols is 3. The number of carbonyl (C=O) groups excluding carboxylic acids is 2. The second-order valence-corrected chi connectivity index (χ2v) is 23.6. The molecule has 454 valence electrons. The summed E-state index contributed by atoms with van der Waals surface area (Å²) in [6, 6.07) is 6.25. The van der Waals surface area contributed by atoms with E-state index in [1.54, 1.807) is 18.5 Å². The summed E-state index contributed by atoms with van der Waals surface area (Å²) < 4.78 is 32.9. The van der Waals surface area contributed by atoms with E-state index >= 15 is 4.79 Å². The predicted octanol–water partition coefficient (Wildman–Crippen LogP) is -0.212. The highest BCUT2D eigenvalue weighted by atomic mass is 16.8. The standard InChI is InChI=1S/C61H63N3O22/c1-29-6-15-63-52-36(29)20-34(27-64-52)37-22-35-23-38-31(7-16-62-38)5-14-55(10-2-3-11-55)60(79)50(74)49(73)59(35,83-43-25-42-45(47(71)44(37)43)39(68)24-41(82-42)33-19-32(9-18-66)46(70)40(69)21-33)86-57(60)13-4-12-56(53(76)77)61(80,81)51(75)48(72)58(85-56,84-54(57)78)26-30(28-67)8-17-65/h7,16-17,19-22,24-25,27,29-30,37,48-52,62-64,66-67,69-75,79-81H,2-3,6,8-11,13,15,18,23,26,28H2,1H3,(H,76,77). The lowest BCUT2D eigenvalue weighted by atomic mass is 9.55. The zero-order chi connectivity index (χ0) is 61.3. The second-order valence-electron chi connectivity index (χ2n) is 23.6. The Balaban J connectivity index is 1.17. The Morgan fingerprint density at radius 3 is 2.42 bits per heavy atom. The number of benzene rings is 2. The maximum absolute atomic E-state index is 16.5. The van der Waals surface area contributed by atoms with Gasteiger partial charge in [0.15, 0.2) is 34.7 Å². The van der Waals surface area contributed by atoms with Crippen LogP contribution in [-0.2, 0) is 41.4 Å². The largest absolute Gasteiger partial charge is 0.507 e. The summed E-state index contributed by atoms with van der Waals surface area (Å²) >= 11 is 0. The zero-order valence-corrected chi connectivity index (χ0v) is 46.1. The van der Waals surface area contributed by atoms with Crippen molar-refractivity contribution in [1.29, 1.82) is 0 Å². The number of piperidine rings is 1. The molecule has 86 heavy (non-hydrogen) atoms. The lowest BCUT2D eigenvalue weighted by Crippen LogP contribution is -2.84. The van der Waals surface area contributed by atoms with Gasteiger partial charge in [-0.3, -0.25) is 10.1 Å². The monoisotopic (exact) mass is 1190 g/mol. The number of dihydropyridines is 1. The number of nitrogens with one attached hydrogen (secondary N) is 3. The summed E-state index contributed by atoms with van der Waals surface area (Å²) in [5, 5.41) is 160. The van der Waals surface area contributed by atoms with Gasteiger partial charge in [-0.25, -0.2) is 9.59 Å².